The van der Waals surface area contributed by atoms with E-state index in [2.05, 4.69) is 44.0 Å². The Morgan fingerprint density at radius 2 is 2.00 bits per heavy atom. The Bertz CT molecular complexity index is 586. The Morgan fingerprint density at radius 3 is 2.65 bits per heavy atom. The van der Waals surface area contributed by atoms with Crippen LogP contribution in [0.5, 0.6) is 5.75 Å². The molecule has 0 radical (unpaired) electrons. The second-order valence-corrected chi connectivity index (χ2v) is 6.57. The summed E-state index contributed by atoms with van der Waals surface area (Å²) >= 11 is 13.2. The van der Waals surface area contributed by atoms with Crippen LogP contribution in [0.2, 0.25) is 5.02 Å². The molecule has 1 nitrogen and oxygen atoms in total. The molecule has 0 fully saturated rings. The van der Waals surface area contributed by atoms with Gasteiger partial charge in [-0.05, 0) is 53.8 Å². The van der Waals surface area contributed by atoms with Crippen molar-refractivity contribution in [2.24, 2.45) is 0 Å². The molecule has 0 aliphatic rings. The minimum absolute atomic E-state index is 0.358. The second kappa shape index (κ2) is 7.48. The fourth-order valence-electron chi connectivity index (χ4n) is 2.19. The van der Waals surface area contributed by atoms with Gasteiger partial charge in [-0.1, -0.05) is 55.6 Å². The zero-order valence-electron chi connectivity index (χ0n) is 11.1. The number of rotatable bonds is 5. The predicted octanol–water partition coefficient (Wildman–Crippen LogP) is 5.83. The molecular weight excluding hydrogens is 403 g/mol. The fourth-order valence-corrected chi connectivity index (χ4v) is 3.40. The fraction of sp³-hybridized carbons (Fsp3) is 0.250. The minimum Gasteiger partial charge on any atom is -0.496 e. The Kier molecular flexibility index (Phi) is 5.94. The molecule has 2 aromatic rings. The van der Waals surface area contributed by atoms with E-state index >= 15 is 0 Å². The van der Waals surface area contributed by atoms with Gasteiger partial charge in [0.1, 0.15) is 5.75 Å². The van der Waals surface area contributed by atoms with Gasteiger partial charge in [-0.25, -0.2) is 0 Å². The highest BCUT2D eigenvalue weighted by atomic mass is 79.9. The molecule has 1 unspecified atom stereocenters. The molecule has 0 aliphatic heterocycles. The molecule has 0 spiro atoms. The highest BCUT2D eigenvalue weighted by molar-refractivity contribution is 9.10. The molecular formula is C16H15Br2ClO. The normalized spacial score (nSPS) is 12.2. The largest absolute Gasteiger partial charge is 0.496 e. The van der Waals surface area contributed by atoms with E-state index in [0.29, 0.717) is 5.92 Å². The van der Waals surface area contributed by atoms with E-state index in [9.17, 15) is 0 Å². The van der Waals surface area contributed by atoms with Crippen molar-refractivity contribution in [2.45, 2.75) is 12.3 Å². The van der Waals surface area contributed by atoms with Crippen LogP contribution < -0.4 is 4.74 Å². The third-order valence-electron chi connectivity index (χ3n) is 3.22. The molecule has 106 valence electrons. The van der Waals surface area contributed by atoms with Gasteiger partial charge in [0.25, 0.3) is 0 Å². The molecule has 2 rings (SSSR count). The van der Waals surface area contributed by atoms with Gasteiger partial charge in [0.05, 0.1) is 7.11 Å². The molecule has 0 aromatic heterocycles. The van der Waals surface area contributed by atoms with Gasteiger partial charge >= 0.3 is 0 Å². The standard InChI is InChI=1S/C16H15Br2ClO/c1-20-16-6-5-14(18)8-12(16)7-13(10-17)11-3-2-4-15(19)9-11/h2-6,8-9,13H,7,10H2,1H3. The van der Waals surface area contributed by atoms with Crippen LogP contribution in [0, 0.1) is 0 Å². The third-order valence-corrected chi connectivity index (χ3v) is 4.73. The molecule has 0 aliphatic carbocycles. The number of halogens is 3. The molecule has 2 aromatic carbocycles. The summed E-state index contributed by atoms with van der Waals surface area (Å²) < 4.78 is 6.51. The molecule has 1 atom stereocenters. The minimum atomic E-state index is 0.358. The number of hydrogen-bond acceptors (Lipinski definition) is 1. The van der Waals surface area contributed by atoms with E-state index in [4.69, 9.17) is 16.3 Å². The van der Waals surface area contributed by atoms with Crippen LogP contribution >= 0.6 is 43.5 Å². The lowest BCUT2D eigenvalue weighted by atomic mass is 9.93. The first-order valence-corrected chi connectivity index (χ1v) is 8.57. The van der Waals surface area contributed by atoms with Crippen LogP contribution in [0.3, 0.4) is 0 Å². The molecule has 0 saturated carbocycles. The van der Waals surface area contributed by atoms with Crippen LogP contribution in [0.4, 0.5) is 0 Å². The highest BCUT2D eigenvalue weighted by Crippen LogP contribution is 2.31. The van der Waals surface area contributed by atoms with E-state index in [1.54, 1.807) is 7.11 Å². The number of alkyl halides is 1. The van der Waals surface area contributed by atoms with Crippen molar-refractivity contribution >= 4 is 43.5 Å². The van der Waals surface area contributed by atoms with Crippen LogP contribution in [0.15, 0.2) is 46.9 Å². The van der Waals surface area contributed by atoms with Gasteiger partial charge in [0.2, 0.25) is 0 Å². The number of benzene rings is 2. The average Bonchev–Trinajstić information content (AvgIpc) is 2.45. The van der Waals surface area contributed by atoms with Crippen molar-refractivity contribution in [2.75, 3.05) is 12.4 Å². The average molecular weight is 419 g/mol. The van der Waals surface area contributed by atoms with Crippen molar-refractivity contribution in [3.63, 3.8) is 0 Å². The lowest BCUT2D eigenvalue weighted by Gasteiger charge is -2.17. The maximum absolute atomic E-state index is 6.09. The smallest absolute Gasteiger partial charge is 0.122 e. The molecule has 0 heterocycles. The number of hydrogen-bond donors (Lipinski definition) is 0. The molecule has 0 bridgehead atoms. The van der Waals surface area contributed by atoms with Crippen molar-refractivity contribution in [1.82, 2.24) is 0 Å². The monoisotopic (exact) mass is 416 g/mol. The highest BCUT2D eigenvalue weighted by Gasteiger charge is 2.14. The first kappa shape index (κ1) is 15.9. The van der Waals surface area contributed by atoms with Crippen molar-refractivity contribution in [3.8, 4) is 5.75 Å². The van der Waals surface area contributed by atoms with Gasteiger partial charge in [-0.3, -0.25) is 0 Å². The summed E-state index contributed by atoms with van der Waals surface area (Å²) in [5.41, 5.74) is 2.42. The maximum Gasteiger partial charge on any atom is 0.122 e. The summed E-state index contributed by atoms with van der Waals surface area (Å²) in [6, 6.07) is 14.1. The molecule has 20 heavy (non-hydrogen) atoms. The van der Waals surface area contributed by atoms with Gasteiger partial charge < -0.3 is 4.74 Å². The van der Waals surface area contributed by atoms with Crippen LogP contribution in [0.1, 0.15) is 17.0 Å². The SMILES string of the molecule is COc1ccc(Br)cc1CC(CBr)c1cccc(Cl)c1. The molecule has 0 amide bonds. The van der Waals surface area contributed by atoms with Gasteiger partial charge in [0.15, 0.2) is 0 Å². The van der Waals surface area contributed by atoms with Crippen molar-refractivity contribution < 1.29 is 4.74 Å². The van der Waals surface area contributed by atoms with Crippen LogP contribution in [0.25, 0.3) is 0 Å². The number of methoxy groups -OCH3 is 1. The van der Waals surface area contributed by atoms with Gasteiger partial charge in [0, 0.05) is 14.8 Å². The van der Waals surface area contributed by atoms with Gasteiger partial charge in [-0.15, -0.1) is 0 Å². The quantitative estimate of drug-likeness (QED) is 0.555. The Hall–Kier alpha value is -0.510. The van der Waals surface area contributed by atoms with Crippen LogP contribution in [-0.4, -0.2) is 12.4 Å². The van der Waals surface area contributed by atoms with Gasteiger partial charge in [-0.2, -0.15) is 0 Å². The Balaban J connectivity index is 2.28. The Labute approximate surface area is 141 Å². The first-order chi connectivity index (χ1) is 9.63. The lowest BCUT2D eigenvalue weighted by Crippen LogP contribution is -2.06. The molecule has 0 N–H and O–H groups in total. The molecule has 0 saturated heterocycles. The topological polar surface area (TPSA) is 9.23 Å². The van der Waals surface area contributed by atoms with Crippen molar-refractivity contribution in [1.29, 1.82) is 0 Å². The summed E-state index contributed by atoms with van der Waals surface area (Å²) in [6.45, 7) is 0. The third kappa shape index (κ3) is 4.00. The van der Waals surface area contributed by atoms with E-state index in [-0.39, 0.29) is 0 Å². The van der Waals surface area contributed by atoms with E-state index < -0.39 is 0 Å². The summed E-state index contributed by atoms with van der Waals surface area (Å²) in [4.78, 5) is 0. The number of ether oxygens (including phenoxy) is 1. The summed E-state index contributed by atoms with van der Waals surface area (Å²) in [6.07, 6.45) is 0.897. The zero-order chi connectivity index (χ0) is 14.5. The van der Waals surface area contributed by atoms with Crippen molar-refractivity contribution in [3.05, 3.63) is 63.1 Å². The first-order valence-electron chi connectivity index (χ1n) is 6.28. The summed E-state index contributed by atoms with van der Waals surface area (Å²) in [5, 5.41) is 1.65. The van der Waals surface area contributed by atoms with E-state index in [0.717, 1.165) is 27.0 Å². The van der Waals surface area contributed by atoms with Crippen LogP contribution in [-0.2, 0) is 6.42 Å². The van der Waals surface area contributed by atoms with E-state index in [1.165, 1.54) is 11.1 Å². The molecule has 4 heteroatoms. The lowest BCUT2D eigenvalue weighted by molar-refractivity contribution is 0.408. The Morgan fingerprint density at radius 1 is 1.20 bits per heavy atom. The zero-order valence-corrected chi connectivity index (χ0v) is 15.0. The summed E-state index contributed by atoms with van der Waals surface area (Å²) in [5.74, 6) is 1.28. The maximum atomic E-state index is 6.09. The predicted molar refractivity (Wildman–Crippen MR) is 92.4 cm³/mol. The second-order valence-electron chi connectivity index (χ2n) is 4.57. The summed E-state index contributed by atoms with van der Waals surface area (Å²) in [7, 11) is 1.70. The van der Waals surface area contributed by atoms with E-state index in [1.807, 2.05) is 30.3 Å².